The summed E-state index contributed by atoms with van der Waals surface area (Å²) >= 11 is 0. The number of guanidine groups is 2. The van der Waals surface area contributed by atoms with E-state index in [1.807, 2.05) is 0 Å². The molecule has 0 aromatic rings. The predicted octanol–water partition coefficient (Wildman–Crippen LogP) is -2.29. The Bertz CT molecular complexity index is 251. The molecule has 0 aliphatic rings. The standard InChI is InChI=1S/C6H14N4O2.CH5N3.ClH/c7-4(5(11)12)2-1-3-10-6(8)9;2-1(3)4;/h4H,1-3,7H2,(H,11,12)(H4,8,9,10);(H5,2,3,4);1H/t4-;;/m0../s1. The molecule has 0 aromatic heterocycles. The fourth-order valence-electron chi connectivity index (χ4n) is 0.643. The number of nitrogens with one attached hydrogen (secondary N) is 1. The van der Waals surface area contributed by atoms with Crippen molar-refractivity contribution < 1.29 is 9.90 Å². The van der Waals surface area contributed by atoms with Crippen LogP contribution in [-0.4, -0.2) is 35.6 Å². The van der Waals surface area contributed by atoms with E-state index in [1.54, 1.807) is 0 Å². The van der Waals surface area contributed by atoms with Gasteiger partial charge in [-0.15, -0.1) is 12.4 Å². The molecule has 9 nitrogen and oxygen atoms in total. The molecule has 0 unspecified atom stereocenters. The first-order chi connectivity index (χ1) is 7.27. The third kappa shape index (κ3) is 25.0. The van der Waals surface area contributed by atoms with Gasteiger partial charge in [-0.1, -0.05) is 0 Å². The fraction of sp³-hybridized carbons (Fsp3) is 0.571. The van der Waals surface area contributed by atoms with Crippen molar-refractivity contribution in [3.63, 3.8) is 0 Å². The summed E-state index contributed by atoms with van der Waals surface area (Å²) in [4.78, 5) is 13.9. The van der Waals surface area contributed by atoms with Crippen LogP contribution in [0.3, 0.4) is 0 Å². The number of carbonyl (C=O) groups is 1. The van der Waals surface area contributed by atoms with Gasteiger partial charge in [0.05, 0.1) is 0 Å². The Kier molecular flexibility index (Phi) is 15.0. The maximum Gasteiger partial charge on any atom is 0.320 e. The van der Waals surface area contributed by atoms with E-state index in [-0.39, 0.29) is 24.3 Å². The maximum atomic E-state index is 10.2. The van der Waals surface area contributed by atoms with E-state index in [2.05, 4.69) is 16.5 Å². The van der Waals surface area contributed by atoms with Gasteiger partial charge in [0, 0.05) is 6.54 Å². The quantitative estimate of drug-likeness (QED) is 0.165. The number of nitrogens with two attached hydrogens (primary N) is 5. The minimum absolute atomic E-state index is 0. The molecule has 0 aliphatic heterocycles. The SMILES string of the molecule is Cl.N=C(N)N.NC(N)=NCCC[C@H](N)C(=O)O. The van der Waals surface area contributed by atoms with Crippen molar-refractivity contribution in [2.75, 3.05) is 6.54 Å². The van der Waals surface area contributed by atoms with Crippen molar-refractivity contribution in [2.24, 2.45) is 33.7 Å². The number of carboxylic acids is 1. The van der Waals surface area contributed by atoms with Gasteiger partial charge in [0.2, 0.25) is 0 Å². The molecule has 102 valence electrons. The highest BCUT2D eigenvalue weighted by Gasteiger charge is 2.09. The molecule has 0 radical (unpaired) electrons. The summed E-state index contributed by atoms with van der Waals surface area (Å²) in [5, 5.41) is 14.4. The van der Waals surface area contributed by atoms with Gasteiger partial charge in [0.25, 0.3) is 0 Å². The lowest BCUT2D eigenvalue weighted by Gasteiger charge is -2.03. The van der Waals surface area contributed by atoms with Crippen LogP contribution in [-0.2, 0) is 4.79 Å². The second kappa shape index (κ2) is 12.3. The molecule has 1 atom stereocenters. The molecule has 0 aliphatic carbocycles. The van der Waals surface area contributed by atoms with Gasteiger partial charge in [-0.3, -0.25) is 15.2 Å². The molecule has 17 heavy (non-hydrogen) atoms. The van der Waals surface area contributed by atoms with Crippen LogP contribution >= 0.6 is 12.4 Å². The lowest BCUT2D eigenvalue weighted by atomic mass is 10.2. The number of aliphatic imine (C=N–C) groups is 1. The number of hydrogen-bond acceptors (Lipinski definition) is 4. The summed E-state index contributed by atoms with van der Waals surface area (Å²) in [7, 11) is 0. The average Bonchev–Trinajstić information content (AvgIpc) is 2.10. The van der Waals surface area contributed by atoms with Crippen molar-refractivity contribution in [1.82, 2.24) is 0 Å². The molecule has 0 saturated heterocycles. The molecule has 0 rings (SSSR count). The molecule has 0 saturated carbocycles. The summed E-state index contributed by atoms with van der Waals surface area (Å²) in [5.74, 6) is -1.32. The van der Waals surface area contributed by atoms with Crippen LogP contribution in [0.2, 0.25) is 0 Å². The molecule has 0 fully saturated rings. The van der Waals surface area contributed by atoms with Crippen LogP contribution in [0.15, 0.2) is 4.99 Å². The summed E-state index contributed by atoms with van der Waals surface area (Å²) in [6, 6.07) is -0.820. The molecular formula is C7H20ClN7O2. The van der Waals surface area contributed by atoms with Crippen LogP contribution in [0.1, 0.15) is 12.8 Å². The monoisotopic (exact) mass is 269 g/mol. The zero-order valence-corrected chi connectivity index (χ0v) is 10.1. The van der Waals surface area contributed by atoms with Gasteiger partial charge in [-0.25, -0.2) is 0 Å². The largest absolute Gasteiger partial charge is 0.480 e. The minimum atomic E-state index is -1.00. The smallest absolute Gasteiger partial charge is 0.320 e. The van der Waals surface area contributed by atoms with Gasteiger partial charge in [-0.2, -0.15) is 0 Å². The third-order valence-corrected chi connectivity index (χ3v) is 1.28. The topological polar surface area (TPSA) is 204 Å². The second-order valence-corrected chi connectivity index (χ2v) is 2.85. The Labute approximate surface area is 105 Å². The number of aliphatic carboxylic acids is 1. The maximum absolute atomic E-state index is 10.2. The second-order valence-electron chi connectivity index (χ2n) is 2.85. The summed E-state index contributed by atoms with van der Waals surface area (Å²) in [5.41, 5.74) is 24.3. The van der Waals surface area contributed by atoms with Crippen molar-refractivity contribution in [3.05, 3.63) is 0 Å². The van der Waals surface area contributed by atoms with Gasteiger partial charge in [-0.05, 0) is 12.8 Å². The van der Waals surface area contributed by atoms with Crippen LogP contribution in [0.25, 0.3) is 0 Å². The van der Waals surface area contributed by atoms with Crippen molar-refractivity contribution >= 4 is 30.3 Å². The van der Waals surface area contributed by atoms with Gasteiger partial charge < -0.3 is 33.8 Å². The highest BCUT2D eigenvalue weighted by molar-refractivity contribution is 5.85. The van der Waals surface area contributed by atoms with E-state index < -0.39 is 12.0 Å². The van der Waals surface area contributed by atoms with Gasteiger partial charge in [0.1, 0.15) is 6.04 Å². The highest BCUT2D eigenvalue weighted by atomic mass is 35.5. The predicted molar refractivity (Wildman–Crippen MR) is 68.9 cm³/mol. The number of nitrogens with zero attached hydrogens (tertiary/aromatic N) is 1. The van der Waals surface area contributed by atoms with E-state index in [0.717, 1.165) is 0 Å². The first kappa shape index (κ1) is 20.6. The summed E-state index contributed by atoms with van der Waals surface area (Å²) < 4.78 is 0. The highest BCUT2D eigenvalue weighted by Crippen LogP contribution is 1.94. The zero-order valence-electron chi connectivity index (χ0n) is 9.30. The molecular weight excluding hydrogens is 250 g/mol. The third-order valence-electron chi connectivity index (χ3n) is 1.28. The molecule has 12 N–H and O–H groups in total. The molecule has 0 spiro atoms. The molecule has 0 aromatic carbocycles. The summed E-state index contributed by atoms with van der Waals surface area (Å²) in [6.45, 7) is 0.420. The Morgan fingerprint density at radius 2 is 1.71 bits per heavy atom. The molecule has 0 amide bonds. The van der Waals surface area contributed by atoms with Crippen molar-refractivity contribution in [3.8, 4) is 0 Å². The normalized spacial score (nSPS) is 9.94. The Morgan fingerprint density at radius 3 is 2.00 bits per heavy atom. The fourth-order valence-corrected chi connectivity index (χ4v) is 0.643. The van der Waals surface area contributed by atoms with E-state index in [9.17, 15) is 4.79 Å². The zero-order chi connectivity index (χ0) is 13.1. The Hall–Kier alpha value is -1.74. The molecule has 0 bridgehead atoms. The summed E-state index contributed by atoms with van der Waals surface area (Å²) in [6.07, 6.45) is 0.956. The lowest BCUT2D eigenvalue weighted by molar-refractivity contribution is -0.138. The van der Waals surface area contributed by atoms with E-state index in [4.69, 9.17) is 27.7 Å². The van der Waals surface area contributed by atoms with E-state index in [0.29, 0.717) is 19.4 Å². The van der Waals surface area contributed by atoms with Crippen molar-refractivity contribution in [1.29, 1.82) is 5.41 Å². The molecule has 10 heteroatoms. The Balaban J connectivity index is -0.000000340. The van der Waals surface area contributed by atoms with Gasteiger partial charge >= 0.3 is 5.97 Å². The van der Waals surface area contributed by atoms with Crippen LogP contribution in [0, 0.1) is 5.41 Å². The van der Waals surface area contributed by atoms with Crippen molar-refractivity contribution in [2.45, 2.75) is 18.9 Å². The first-order valence-electron chi connectivity index (χ1n) is 4.40. The number of rotatable bonds is 5. The van der Waals surface area contributed by atoms with E-state index >= 15 is 0 Å². The molecule has 0 heterocycles. The lowest BCUT2D eigenvalue weighted by Crippen LogP contribution is -2.30. The number of halogens is 1. The van der Waals surface area contributed by atoms with Gasteiger partial charge in [0.15, 0.2) is 11.9 Å². The number of carboxylic acid groups (broad SMARTS) is 1. The first-order valence-corrected chi connectivity index (χ1v) is 4.40. The number of hydrogen-bond donors (Lipinski definition) is 7. The van der Waals surface area contributed by atoms with E-state index in [1.165, 1.54) is 0 Å². The van der Waals surface area contributed by atoms with Crippen LogP contribution < -0.4 is 28.7 Å². The van der Waals surface area contributed by atoms with Crippen LogP contribution in [0.5, 0.6) is 0 Å². The average molecular weight is 270 g/mol. The Morgan fingerprint density at radius 1 is 1.29 bits per heavy atom. The van der Waals surface area contributed by atoms with Crippen LogP contribution in [0.4, 0.5) is 0 Å². The minimum Gasteiger partial charge on any atom is -0.480 e.